The molecular weight excluding hydrogens is 422 g/mol. The van der Waals surface area contributed by atoms with E-state index in [9.17, 15) is 9.59 Å². The number of carbonyl (C=O) groups is 2. The summed E-state index contributed by atoms with van der Waals surface area (Å²) in [6.45, 7) is 7.24. The number of carbonyl (C=O) groups excluding carboxylic acids is 2. The van der Waals surface area contributed by atoms with Crippen LogP contribution in [0.5, 0.6) is 17.2 Å². The van der Waals surface area contributed by atoms with Crippen molar-refractivity contribution < 1.29 is 23.8 Å². The molecule has 0 fully saturated rings. The van der Waals surface area contributed by atoms with Crippen molar-refractivity contribution in [3.8, 4) is 22.9 Å². The molecule has 0 saturated heterocycles. The SMILES string of the molecule is CCCCOc1c(OCCCC)c(C(=O)N(C)C)n(-c2ccc(OC)cc2)c1C(=O)NCC. The van der Waals surface area contributed by atoms with Crippen molar-refractivity contribution in [2.45, 2.75) is 46.5 Å². The molecule has 0 aliphatic carbocycles. The van der Waals surface area contributed by atoms with E-state index in [4.69, 9.17) is 14.2 Å². The van der Waals surface area contributed by atoms with Gasteiger partial charge in [-0.05, 0) is 44.0 Å². The van der Waals surface area contributed by atoms with Gasteiger partial charge in [0.2, 0.25) is 0 Å². The monoisotopic (exact) mass is 459 g/mol. The standard InChI is InChI=1S/C25H37N3O5/c1-7-10-16-32-22-20(24(29)26-9-3)28(18-12-14-19(31-6)15-13-18)21(25(30)27(4)5)23(22)33-17-11-8-2/h12-15H,7-11,16-17H2,1-6H3,(H,26,29). The van der Waals surface area contributed by atoms with Gasteiger partial charge in [-0.3, -0.25) is 14.2 Å². The number of ether oxygens (including phenoxy) is 3. The first kappa shape index (κ1) is 26.1. The van der Waals surface area contributed by atoms with Crippen LogP contribution < -0.4 is 19.5 Å². The van der Waals surface area contributed by atoms with Crippen LogP contribution in [0.25, 0.3) is 5.69 Å². The number of amides is 2. The van der Waals surface area contributed by atoms with Crippen molar-refractivity contribution in [2.75, 3.05) is 41.0 Å². The Balaban J connectivity index is 2.85. The number of hydrogen-bond acceptors (Lipinski definition) is 5. The molecule has 1 aromatic carbocycles. The molecule has 8 heteroatoms. The fraction of sp³-hybridized carbons (Fsp3) is 0.520. The first-order chi connectivity index (χ1) is 15.9. The molecule has 33 heavy (non-hydrogen) atoms. The van der Waals surface area contributed by atoms with Gasteiger partial charge in [-0.15, -0.1) is 0 Å². The quantitative estimate of drug-likeness (QED) is 0.452. The second kappa shape index (κ2) is 12.8. The molecule has 8 nitrogen and oxygen atoms in total. The van der Waals surface area contributed by atoms with E-state index >= 15 is 0 Å². The highest BCUT2D eigenvalue weighted by Crippen LogP contribution is 2.41. The minimum Gasteiger partial charge on any atom is -0.497 e. The summed E-state index contributed by atoms with van der Waals surface area (Å²) in [4.78, 5) is 28.2. The number of aromatic nitrogens is 1. The highest BCUT2D eigenvalue weighted by Gasteiger charge is 2.34. The second-order valence-electron chi connectivity index (χ2n) is 7.85. The molecule has 182 valence electrons. The van der Waals surface area contributed by atoms with E-state index in [1.54, 1.807) is 50.0 Å². The first-order valence-corrected chi connectivity index (χ1v) is 11.6. The number of methoxy groups -OCH3 is 1. The van der Waals surface area contributed by atoms with Crippen LogP contribution in [0.4, 0.5) is 0 Å². The Morgan fingerprint density at radius 1 is 0.909 bits per heavy atom. The summed E-state index contributed by atoms with van der Waals surface area (Å²) in [7, 11) is 4.94. The van der Waals surface area contributed by atoms with E-state index in [0.29, 0.717) is 42.7 Å². The molecule has 0 bridgehead atoms. The lowest BCUT2D eigenvalue weighted by Gasteiger charge is -2.16. The van der Waals surface area contributed by atoms with E-state index in [-0.39, 0.29) is 23.2 Å². The highest BCUT2D eigenvalue weighted by molar-refractivity contribution is 6.04. The summed E-state index contributed by atoms with van der Waals surface area (Å²) >= 11 is 0. The van der Waals surface area contributed by atoms with E-state index in [0.717, 1.165) is 25.7 Å². The second-order valence-corrected chi connectivity index (χ2v) is 7.85. The Morgan fingerprint density at radius 3 is 1.91 bits per heavy atom. The summed E-state index contributed by atoms with van der Waals surface area (Å²) in [5.41, 5.74) is 1.14. The van der Waals surface area contributed by atoms with Crippen LogP contribution in [-0.2, 0) is 0 Å². The van der Waals surface area contributed by atoms with Gasteiger partial charge in [0, 0.05) is 26.3 Å². The van der Waals surface area contributed by atoms with E-state index in [1.165, 1.54) is 4.90 Å². The molecule has 2 aromatic rings. The summed E-state index contributed by atoms with van der Waals surface area (Å²) in [6.07, 6.45) is 3.50. The fourth-order valence-electron chi connectivity index (χ4n) is 3.28. The van der Waals surface area contributed by atoms with E-state index in [2.05, 4.69) is 19.2 Å². The van der Waals surface area contributed by atoms with Gasteiger partial charge in [0.1, 0.15) is 5.75 Å². The number of benzene rings is 1. The average Bonchev–Trinajstić information content (AvgIpc) is 3.13. The number of unbranched alkanes of at least 4 members (excludes halogenated alkanes) is 2. The predicted molar refractivity (Wildman–Crippen MR) is 129 cm³/mol. The third-order valence-electron chi connectivity index (χ3n) is 5.06. The zero-order valence-electron chi connectivity index (χ0n) is 20.7. The third-order valence-corrected chi connectivity index (χ3v) is 5.06. The van der Waals surface area contributed by atoms with Crippen molar-refractivity contribution in [2.24, 2.45) is 0 Å². The number of rotatable bonds is 13. The summed E-state index contributed by atoms with van der Waals surface area (Å²) < 4.78 is 19.2. The summed E-state index contributed by atoms with van der Waals surface area (Å²) in [5.74, 6) is 0.651. The Bertz CT molecular complexity index is 919. The topological polar surface area (TPSA) is 82.0 Å². The molecule has 2 rings (SSSR count). The van der Waals surface area contributed by atoms with Crippen LogP contribution in [-0.4, -0.2) is 62.2 Å². The van der Waals surface area contributed by atoms with Crippen LogP contribution in [0.15, 0.2) is 24.3 Å². The zero-order chi connectivity index (χ0) is 24.4. The molecule has 0 unspecified atom stereocenters. The normalized spacial score (nSPS) is 10.6. The van der Waals surface area contributed by atoms with Gasteiger partial charge in [-0.1, -0.05) is 26.7 Å². The molecule has 1 aromatic heterocycles. The molecule has 0 aliphatic heterocycles. The van der Waals surface area contributed by atoms with Gasteiger partial charge in [0.05, 0.1) is 20.3 Å². The Hall–Kier alpha value is -3.16. The maximum absolute atomic E-state index is 13.4. The smallest absolute Gasteiger partial charge is 0.274 e. The summed E-state index contributed by atoms with van der Waals surface area (Å²) in [5, 5.41) is 2.86. The lowest BCUT2D eigenvalue weighted by Crippen LogP contribution is -2.29. The number of hydrogen-bond donors (Lipinski definition) is 1. The molecule has 0 spiro atoms. The van der Waals surface area contributed by atoms with Gasteiger partial charge < -0.3 is 24.4 Å². The number of nitrogens with one attached hydrogen (secondary N) is 1. The number of nitrogens with zero attached hydrogens (tertiary/aromatic N) is 2. The zero-order valence-corrected chi connectivity index (χ0v) is 20.7. The van der Waals surface area contributed by atoms with Gasteiger partial charge in [0.25, 0.3) is 11.8 Å². The van der Waals surface area contributed by atoms with Crippen molar-refractivity contribution in [1.82, 2.24) is 14.8 Å². The predicted octanol–water partition coefficient (Wildman–Crippen LogP) is 4.30. The molecule has 0 aliphatic rings. The molecule has 0 saturated carbocycles. The maximum Gasteiger partial charge on any atom is 0.274 e. The van der Waals surface area contributed by atoms with Crippen molar-refractivity contribution in [3.63, 3.8) is 0 Å². The Kier molecular flexibility index (Phi) is 10.1. The molecule has 1 heterocycles. The van der Waals surface area contributed by atoms with E-state index < -0.39 is 0 Å². The molecule has 2 amide bonds. The van der Waals surface area contributed by atoms with Crippen LogP contribution >= 0.6 is 0 Å². The Labute approximate surface area is 196 Å². The van der Waals surface area contributed by atoms with Gasteiger partial charge in [-0.2, -0.15) is 0 Å². The van der Waals surface area contributed by atoms with Crippen molar-refractivity contribution >= 4 is 11.8 Å². The average molecular weight is 460 g/mol. The lowest BCUT2D eigenvalue weighted by atomic mass is 10.2. The van der Waals surface area contributed by atoms with Crippen molar-refractivity contribution in [3.05, 3.63) is 35.7 Å². The summed E-state index contributed by atoms with van der Waals surface area (Å²) in [6, 6.07) is 7.19. The first-order valence-electron chi connectivity index (χ1n) is 11.6. The van der Waals surface area contributed by atoms with Gasteiger partial charge in [-0.25, -0.2) is 0 Å². The Morgan fingerprint density at radius 2 is 1.45 bits per heavy atom. The molecular formula is C25H37N3O5. The van der Waals surface area contributed by atoms with E-state index in [1.807, 2.05) is 6.92 Å². The minimum atomic E-state index is -0.335. The largest absolute Gasteiger partial charge is 0.497 e. The van der Waals surface area contributed by atoms with Gasteiger partial charge in [0.15, 0.2) is 22.9 Å². The minimum absolute atomic E-state index is 0.245. The molecule has 0 radical (unpaired) electrons. The van der Waals surface area contributed by atoms with Crippen LogP contribution in [0, 0.1) is 0 Å². The van der Waals surface area contributed by atoms with Crippen LogP contribution in [0.2, 0.25) is 0 Å². The van der Waals surface area contributed by atoms with Crippen LogP contribution in [0.3, 0.4) is 0 Å². The third kappa shape index (κ3) is 6.21. The van der Waals surface area contributed by atoms with Crippen molar-refractivity contribution in [1.29, 1.82) is 0 Å². The molecule has 1 N–H and O–H groups in total. The fourth-order valence-corrected chi connectivity index (χ4v) is 3.28. The van der Waals surface area contributed by atoms with Crippen LogP contribution in [0.1, 0.15) is 67.4 Å². The lowest BCUT2D eigenvalue weighted by molar-refractivity contribution is 0.0814. The highest BCUT2D eigenvalue weighted by atomic mass is 16.5. The molecule has 0 atom stereocenters. The van der Waals surface area contributed by atoms with Gasteiger partial charge >= 0.3 is 0 Å². The maximum atomic E-state index is 13.4.